The highest BCUT2D eigenvalue weighted by molar-refractivity contribution is 5.88. The summed E-state index contributed by atoms with van der Waals surface area (Å²) >= 11 is 0. The van der Waals surface area contributed by atoms with Crippen molar-refractivity contribution in [2.24, 2.45) is 0 Å². The lowest BCUT2D eigenvalue weighted by Crippen LogP contribution is -2.29. The molecule has 0 heterocycles. The third kappa shape index (κ3) is 4.02. The number of amides is 1. The van der Waals surface area contributed by atoms with Crippen LogP contribution in [0.5, 0.6) is 5.75 Å². The number of para-hydroxylation sites is 1. The van der Waals surface area contributed by atoms with E-state index in [4.69, 9.17) is 4.74 Å². The number of rotatable bonds is 4. The molecule has 0 aromatic heterocycles. The summed E-state index contributed by atoms with van der Waals surface area (Å²) in [7, 11) is 1.70. The lowest BCUT2D eigenvalue weighted by Gasteiger charge is -2.16. The largest absolute Gasteiger partial charge is 0.419 e. The Bertz CT molecular complexity index is 783. The summed E-state index contributed by atoms with van der Waals surface area (Å²) in [5.41, 5.74) is 3.23. The second-order valence-corrected chi connectivity index (χ2v) is 5.57. The van der Waals surface area contributed by atoms with Crippen LogP contribution < -0.4 is 9.64 Å². The SMILES string of the molecule is CN(C(=O)Oc1ccc(Cc2ccccc2)cc1)c1ccccc1. The lowest BCUT2D eigenvalue weighted by molar-refractivity contribution is 0.209. The molecule has 3 heteroatoms. The van der Waals surface area contributed by atoms with Crippen molar-refractivity contribution in [3.8, 4) is 5.75 Å². The molecule has 0 saturated carbocycles. The summed E-state index contributed by atoms with van der Waals surface area (Å²) in [4.78, 5) is 13.7. The molecule has 0 atom stereocenters. The van der Waals surface area contributed by atoms with Gasteiger partial charge in [0.05, 0.1) is 0 Å². The molecule has 0 bridgehead atoms. The summed E-state index contributed by atoms with van der Waals surface area (Å²) < 4.78 is 5.42. The summed E-state index contributed by atoms with van der Waals surface area (Å²) in [5, 5.41) is 0. The molecular weight excluding hydrogens is 298 g/mol. The fraction of sp³-hybridized carbons (Fsp3) is 0.0952. The summed E-state index contributed by atoms with van der Waals surface area (Å²) in [6.45, 7) is 0. The summed E-state index contributed by atoms with van der Waals surface area (Å²) in [6, 6.07) is 27.3. The van der Waals surface area contributed by atoms with Crippen molar-refractivity contribution in [1.29, 1.82) is 0 Å². The number of ether oxygens (including phenoxy) is 1. The molecule has 3 nitrogen and oxygen atoms in total. The van der Waals surface area contributed by atoms with Crippen molar-refractivity contribution in [2.45, 2.75) is 6.42 Å². The van der Waals surface area contributed by atoms with Crippen molar-refractivity contribution < 1.29 is 9.53 Å². The van der Waals surface area contributed by atoms with Crippen LogP contribution >= 0.6 is 0 Å². The monoisotopic (exact) mass is 317 g/mol. The summed E-state index contributed by atoms with van der Waals surface area (Å²) in [5.74, 6) is 0.541. The normalized spacial score (nSPS) is 10.2. The minimum atomic E-state index is -0.406. The van der Waals surface area contributed by atoms with Gasteiger partial charge in [-0.15, -0.1) is 0 Å². The van der Waals surface area contributed by atoms with Crippen molar-refractivity contribution in [1.82, 2.24) is 0 Å². The molecule has 0 fully saturated rings. The van der Waals surface area contributed by atoms with Gasteiger partial charge < -0.3 is 4.74 Å². The van der Waals surface area contributed by atoms with Gasteiger partial charge in [-0.25, -0.2) is 4.79 Å². The van der Waals surface area contributed by atoms with E-state index in [2.05, 4.69) is 12.1 Å². The van der Waals surface area contributed by atoms with Crippen LogP contribution in [0.2, 0.25) is 0 Å². The first kappa shape index (κ1) is 15.8. The van der Waals surface area contributed by atoms with Crippen molar-refractivity contribution in [3.63, 3.8) is 0 Å². The number of hydrogen-bond acceptors (Lipinski definition) is 2. The molecule has 0 radical (unpaired) electrons. The quantitative estimate of drug-likeness (QED) is 0.684. The number of benzene rings is 3. The predicted molar refractivity (Wildman–Crippen MR) is 96.6 cm³/mol. The molecule has 3 rings (SSSR count). The number of carbonyl (C=O) groups is 1. The maximum atomic E-state index is 12.2. The van der Waals surface area contributed by atoms with Gasteiger partial charge in [0.25, 0.3) is 0 Å². The molecular formula is C21H19NO2. The molecule has 24 heavy (non-hydrogen) atoms. The minimum Gasteiger partial charge on any atom is -0.410 e. The van der Waals surface area contributed by atoms with Crippen molar-refractivity contribution >= 4 is 11.8 Å². The van der Waals surface area contributed by atoms with Crippen LogP contribution in [0, 0.1) is 0 Å². The van der Waals surface area contributed by atoms with E-state index in [0.29, 0.717) is 5.75 Å². The molecule has 0 saturated heterocycles. The van der Waals surface area contributed by atoms with Gasteiger partial charge in [-0.2, -0.15) is 0 Å². The zero-order valence-corrected chi connectivity index (χ0v) is 13.6. The molecule has 120 valence electrons. The van der Waals surface area contributed by atoms with E-state index in [-0.39, 0.29) is 0 Å². The molecule has 3 aromatic carbocycles. The maximum Gasteiger partial charge on any atom is 0.419 e. The molecule has 0 aliphatic carbocycles. The lowest BCUT2D eigenvalue weighted by atomic mass is 10.1. The van der Waals surface area contributed by atoms with Crippen LogP contribution in [-0.4, -0.2) is 13.1 Å². The molecule has 0 unspecified atom stereocenters. The van der Waals surface area contributed by atoms with Crippen LogP contribution in [-0.2, 0) is 6.42 Å². The zero-order chi connectivity index (χ0) is 16.8. The molecule has 0 N–H and O–H groups in total. The predicted octanol–water partition coefficient (Wildman–Crippen LogP) is 4.91. The van der Waals surface area contributed by atoms with Gasteiger partial charge >= 0.3 is 6.09 Å². The fourth-order valence-electron chi connectivity index (χ4n) is 2.43. The Morgan fingerprint density at radius 2 is 1.33 bits per heavy atom. The minimum absolute atomic E-state index is 0.406. The smallest absolute Gasteiger partial charge is 0.410 e. The Hall–Kier alpha value is -3.07. The number of anilines is 1. The third-order valence-corrected chi connectivity index (χ3v) is 3.80. The molecule has 0 spiro atoms. The average molecular weight is 317 g/mol. The first-order chi connectivity index (χ1) is 11.7. The van der Waals surface area contributed by atoms with Gasteiger partial charge in [0.1, 0.15) is 5.75 Å². The van der Waals surface area contributed by atoms with E-state index < -0.39 is 6.09 Å². The van der Waals surface area contributed by atoms with E-state index in [1.54, 1.807) is 7.05 Å². The maximum absolute atomic E-state index is 12.2. The van der Waals surface area contributed by atoms with Crippen LogP contribution in [0.25, 0.3) is 0 Å². The van der Waals surface area contributed by atoms with Crippen molar-refractivity contribution in [3.05, 3.63) is 96.1 Å². The van der Waals surface area contributed by atoms with E-state index in [1.807, 2.05) is 72.8 Å². The Labute approximate surface area is 142 Å². The van der Waals surface area contributed by atoms with Crippen molar-refractivity contribution in [2.75, 3.05) is 11.9 Å². The fourth-order valence-corrected chi connectivity index (χ4v) is 2.43. The van der Waals surface area contributed by atoms with Crippen LogP contribution in [0.15, 0.2) is 84.9 Å². The van der Waals surface area contributed by atoms with Crippen LogP contribution in [0.4, 0.5) is 10.5 Å². The van der Waals surface area contributed by atoms with Gasteiger partial charge in [-0.1, -0.05) is 60.7 Å². The molecule has 3 aromatic rings. The number of nitrogens with zero attached hydrogens (tertiary/aromatic N) is 1. The first-order valence-electron chi connectivity index (χ1n) is 7.86. The third-order valence-electron chi connectivity index (χ3n) is 3.80. The van der Waals surface area contributed by atoms with Gasteiger partial charge in [0, 0.05) is 12.7 Å². The standard InChI is InChI=1S/C21H19NO2/c1-22(19-10-6-3-7-11-19)21(23)24-20-14-12-18(13-15-20)16-17-8-4-2-5-9-17/h2-15H,16H2,1H3. The van der Waals surface area contributed by atoms with Gasteiger partial charge in [0.2, 0.25) is 0 Å². The highest BCUT2D eigenvalue weighted by atomic mass is 16.6. The molecule has 1 amide bonds. The Kier molecular flexibility index (Phi) is 4.92. The van der Waals surface area contributed by atoms with E-state index >= 15 is 0 Å². The second kappa shape index (κ2) is 7.47. The Balaban J connectivity index is 1.62. The Morgan fingerprint density at radius 3 is 1.96 bits per heavy atom. The highest BCUT2D eigenvalue weighted by Gasteiger charge is 2.12. The van der Waals surface area contributed by atoms with Gasteiger partial charge in [-0.05, 0) is 41.8 Å². The second-order valence-electron chi connectivity index (χ2n) is 5.57. The Morgan fingerprint density at radius 1 is 0.792 bits per heavy atom. The number of hydrogen-bond donors (Lipinski definition) is 0. The van der Waals surface area contributed by atoms with E-state index in [0.717, 1.165) is 12.1 Å². The number of carbonyl (C=O) groups excluding carboxylic acids is 1. The first-order valence-corrected chi connectivity index (χ1v) is 7.86. The van der Waals surface area contributed by atoms with Crippen LogP contribution in [0.3, 0.4) is 0 Å². The molecule has 0 aliphatic rings. The summed E-state index contributed by atoms with van der Waals surface area (Å²) in [6.07, 6.45) is 0.455. The highest BCUT2D eigenvalue weighted by Crippen LogP contribution is 2.18. The average Bonchev–Trinajstić information content (AvgIpc) is 2.64. The zero-order valence-electron chi connectivity index (χ0n) is 13.6. The van der Waals surface area contributed by atoms with Crippen LogP contribution in [0.1, 0.15) is 11.1 Å². The van der Waals surface area contributed by atoms with Gasteiger partial charge in [0.15, 0.2) is 0 Å². The van der Waals surface area contributed by atoms with Gasteiger partial charge in [-0.3, -0.25) is 4.90 Å². The van der Waals surface area contributed by atoms with E-state index in [1.165, 1.54) is 16.0 Å². The van der Waals surface area contributed by atoms with E-state index in [9.17, 15) is 4.79 Å². The topological polar surface area (TPSA) is 29.5 Å². The molecule has 0 aliphatic heterocycles.